The summed E-state index contributed by atoms with van der Waals surface area (Å²) < 4.78 is 0. The zero-order chi connectivity index (χ0) is 12.2. The van der Waals surface area contributed by atoms with Gasteiger partial charge in [0.1, 0.15) is 0 Å². The summed E-state index contributed by atoms with van der Waals surface area (Å²) in [6, 6.07) is 0. The van der Waals surface area contributed by atoms with Gasteiger partial charge in [0.05, 0.1) is 5.60 Å². The van der Waals surface area contributed by atoms with Gasteiger partial charge in [0, 0.05) is 0 Å². The first-order chi connectivity index (χ1) is 7.30. The Balaban J connectivity index is 2.42. The smallest absolute Gasteiger partial charge is 0.0856 e. The Morgan fingerprint density at radius 2 is 1.75 bits per heavy atom. The van der Waals surface area contributed by atoms with Gasteiger partial charge in [0.2, 0.25) is 0 Å². The average Bonchev–Trinajstić information content (AvgIpc) is 2.51. The molecule has 2 aliphatic rings. The SMILES string of the molecule is C=C[C@]1(O)CC[C@@]2(C)[C@@H](C)CC[C@@]2(C)[C@H]1C. The van der Waals surface area contributed by atoms with Crippen LogP contribution in [0, 0.1) is 22.7 Å². The molecule has 16 heavy (non-hydrogen) atoms. The number of hydrogen-bond donors (Lipinski definition) is 1. The van der Waals surface area contributed by atoms with Gasteiger partial charge in [-0.1, -0.05) is 33.8 Å². The summed E-state index contributed by atoms with van der Waals surface area (Å²) in [4.78, 5) is 0. The van der Waals surface area contributed by atoms with Crippen molar-refractivity contribution in [1.29, 1.82) is 0 Å². The molecule has 2 aliphatic carbocycles. The highest BCUT2D eigenvalue weighted by atomic mass is 16.3. The molecule has 0 heterocycles. The lowest BCUT2D eigenvalue weighted by Crippen LogP contribution is -2.55. The highest BCUT2D eigenvalue weighted by Gasteiger charge is 2.61. The second-order valence-corrected chi connectivity index (χ2v) is 6.69. The molecule has 2 rings (SSSR count). The Kier molecular flexibility index (Phi) is 2.55. The molecular weight excluding hydrogens is 196 g/mol. The lowest BCUT2D eigenvalue weighted by Gasteiger charge is -2.57. The second-order valence-electron chi connectivity index (χ2n) is 6.69. The second kappa shape index (κ2) is 3.35. The number of hydrogen-bond acceptors (Lipinski definition) is 1. The molecule has 0 aliphatic heterocycles. The van der Waals surface area contributed by atoms with E-state index in [0.717, 1.165) is 18.8 Å². The van der Waals surface area contributed by atoms with E-state index >= 15 is 0 Å². The summed E-state index contributed by atoms with van der Waals surface area (Å²) >= 11 is 0. The van der Waals surface area contributed by atoms with Gasteiger partial charge in [-0.2, -0.15) is 0 Å². The third kappa shape index (κ3) is 1.21. The summed E-state index contributed by atoms with van der Waals surface area (Å²) in [7, 11) is 0. The molecule has 0 aromatic heterocycles. The Bertz CT molecular complexity index is 311. The standard InChI is InChI=1S/C15H26O/c1-6-15(16)10-9-13(4)11(2)7-8-14(13,5)12(15)3/h6,11-12,16H,1,7-10H2,2-5H3/t11-,12+,13-,14-,15-/m0/s1. The Labute approximate surface area is 99.9 Å². The topological polar surface area (TPSA) is 20.2 Å². The van der Waals surface area contributed by atoms with Gasteiger partial charge in [-0.15, -0.1) is 6.58 Å². The van der Waals surface area contributed by atoms with E-state index in [1.54, 1.807) is 6.08 Å². The van der Waals surface area contributed by atoms with E-state index in [2.05, 4.69) is 34.3 Å². The molecule has 92 valence electrons. The van der Waals surface area contributed by atoms with Crippen LogP contribution in [-0.2, 0) is 0 Å². The molecule has 5 atom stereocenters. The van der Waals surface area contributed by atoms with Crippen molar-refractivity contribution in [2.45, 2.75) is 59.0 Å². The van der Waals surface area contributed by atoms with Crippen molar-refractivity contribution < 1.29 is 5.11 Å². The van der Waals surface area contributed by atoms with Crippen LogP contribution in [0.5, 0.6) is 0 Å². The van der Waals surface area contributed by atoms with E-state index in [-0.39, 0.29) is 5.41 Å². The van der Waals surface area contributed by atoms with Crippen LogP contribution in [0.25, 0.3) is 0 Å². The molecule has 0 saturated heterocycles. The quantitative estimate of drug-likeness (QED) is 0.669. The monoisotopic (exact) mass is 222 g/mol. The lowest BCUT2D eigenvalue weighted by molar-refractivity contribution is -0.130. The Morgan fingerprint density at radius 1 is 1.12 bits per heavy atom. The van der Waals surface area contributed by atoms with E-state index in [9.17, 15) is 5.11 Å². The fraction of sp³-hybridized carbons (Fsp3) is 0.867. The largest absolute Gasteiger partial charge is 0.386 e. The van der Waals surface area contributed by atoms with Gasteiger partial charge in [-0.25, -0.2) is 0 Å². The van der Waals surface area contributed by atoms with Crippen LogP contribution in [0.2, 0.25) is 0 Å². The summed E-state index contributed by atoms with van der Waals surface area (Å²) in [6.45, 7) is 13.3. The normalized spacial score (nSPS) is 57.1. The molecule has 1 nitrogen and oxygen atoms in total. The molecule has 0 unspecified atom stereocenters. The zero-order valence-electron chi connectivity index (χ0n) is 11.2. The third-order valence-electron chi connectivity index (χ3n) is 6.59. The van der Waals surface area contributed by atoms with Crippen molar-refractivity contribution in [1.82, 2.24) is 0 Å². The van der Waals surface area contributed by atoms with E-state index in [1.165, 1.54) is 12.8 Å². The van der Waals surface area contributed by atoms with Gasteiger partial charge >= 0.3 is 0 Å². The van der Waals surface area contributed by atoms with Crippen molar-refractivity contribution >= 4 is 0 Å². The van der Waals surface area contributed by atoms with Gasteiger partial charge in [-0.3, -0.25) is 0 Å². The molecule has 0 radical (unpaired) electrons. The van der Waals surface area contributed by atoms with Crippen molar-refractivity contribution in [3.8, 4) is 0 Å². The van der Waals surface area contributed by atoms with E-state index in [0.29, 0.717) is 11.3 Å². The molecule has 0 aromatic carbocycles. The molecule has 1 N–H and O–H groups in total. The minimum absolute atomic E-state index is 0.271. The minimum Gasteiger partial charge on any atom is -0.386 e. The van der Waals surface area contributed by atoms with Crippen LogP contribution in [-0.4, -0.2) is 10.7 Å². The van der Waals surface area contributed by atoms with Gasteiger partial charge in [0.25, 0.3) is 0 Å². The first kappa shape index (κ1) is 12.2. The first-order valence-electron chi connectivity index (χ1n) is 6.66. The van der Waals surface area contributed by atoms with Gasteiger partial charge < -0.3 is 5.11 Å². The van der Waals surface area contributed by atoms with E-state index in [1.807, 2.05) is 0 Å². The van der Waals surface area contributed by atoms with Crippen LogP contribution < -0.4 is 0 Å². The Morgan fingerprint density at radius 3 is 2.31 bits per heavy atom. The van der Waals surface area contributed by atoms with E-state index < -0.39 is 5.60 Å². The van der Waals surface area contributed by atoms with Gasteiger partial charge in [-0.05, 0) is 48.3 Å². The molecule has 2 fully saturated rings. The van der Waals surface area contributed by atoms with Crippen LogP contribution in [0.4, 0.5) is 0 Å². The first-order valence-corrected chi connectivity index (χ1v) is 6.66. The molecule has 0 bridgehead atoms. The fourth-order valence-corrected chi connectivity index (χ4v) is 4.43. The van der Waals surface area contributed by atoms with Crippen LogP contribution in [0.1, 0.15) is 53.4 Å². The number of fused-ring (bicyclic) bond motifs is 1. The Hall–Kier alpha value is -0.300. The maximum absolute atomic E-state index is 10.6. The minimum atomic E-state index is -0.641. The summed E-state index contributed by atoms with van der Waals surface area (Å²) in [6.07, 6.45) is 6.36. The van der Waals surface area contributed by atoms with Gasteiger partial charge in [0.15, 0.2) is 0 Å². The summed E-state index contributed by atoms with van der Waals surface area (Å²) in [5, 5.41) is 10.6. The number of aliphatic hydroxyl groups is 1. The van der Waals surface area contributed by atoms with Crippen molar-refractivity contribution in [2.24, 2.45) is 22.7 Å². The number of rotatable bonds is 1. The predicted octanol–water partition coefficient (Wildman–Crippen LogP) is 3.78. The highest BCUT2D eigenvalue weighted by molar-refractivity contribution is 5.16. The molecular formula is C15H26O. The van der Waals surface area contributed by atoms with Crippen molar-refractivity contribution in [3.05, 3.63) is 12.7 Å². The lowest BCUT2D eigenvalue weighted by atomic mass is 9.49. The van der Waals surface area contributed by atoms with E-state index in [4.69, 9.17) is 0 Å². The molecule has 0 amide bonds. The molecule has 0 spiro atoms. The third-order valence-corrected chi connectivity index (χ3v) is 6.59. The molecule has 0 aromatic rings. The maximum Gasteiger partial charge on any atom is 0.0856 e. The highest BCUT2D eigenvalue weighted by Crippen LogP contribution is 2.67. The summed E-state index contributed by atoms with van der Waals surface area (Å²) in [5.74, 6) is 1.11. The fourth-order valence-electron chi connectivity index (χ4n) is 4.43. The van der Waals surface area contributed by atoms with Crippen LogP contribution in [0.15, 0.2) is 12.7 Å². The summed E-state index contributed by atoms with van der Waals surface area (Å²) in [5.41, 5.74) is 0.0353. The van der Waals surface area contributed by atoms with Crippen molar-refractivity contribution in [2.75, 3.05) is 0 Å². The molecule has 1 heteroatoms. The van der Waals surface area contributed by atoms with Crippen LogP contribution in [0.3, 0.4) is 0 Å². The maximum atomic E-state index is 10.6. The van der Waals surface area contributed by atoms with Crippen molar-refractivity contribution in [3.63, 3.8) is 0 Å². The molecule has 2 saturated carbocycles. The predicted molar refractivity (Wildman–Crippen MR) is 68.2 cm³/mol. The zero-order valence-corrected chi connectivity index (χ0v) is 11.2. The average molecular weight is 222 g/mol. The van der Waals surface area contributed by atoms with Crippen LogP contribution >= 0.6 is 0 Å².